The first kappa shape index (κ1) is 24.6. The Bertz CT molecular complexity index is 1120. The fraction of sp³-hybridized carbons (Fsp3) is 0.433. The van der Waals surface area contributed by atoms with Crippen molar-refractivity contribution in [1.29, 1.82) is 0 Å². The van der Waals surface area contributed by atoms with Gasteiger partial charge < -0.3 is 19.4 Å². The van der Waals surface area contributed by atoms with Crippen LogP contribution >= 0.6 is 0 Å². The Morgan fingerprint density at radius 1 is 0.833 bits per heavy atom. The molecule has 0 spiro atoms. The number of hydrogen-bond acceptors (Lipinski definition) is 6. The highest BCUT2D eigenvalue weighted by molar-refractivity contribution is 5.52. The number of nitrogens with zero attached hydrogens (tertiary/aromatic N) is 5. The van der Waals surface area contributed by atoms with E-state index < -0.39 is 0 Å². The summed E-state index contributed by atoms with van der Waals surface area (Å²) >= 11 is 0. The van der Waals surface area contributed by atoms with E-state index in [1.54, 1.807) is 7.11 Å². The Labute approximate surface area is 216 Å². The van der Waals surface area contributed by atoms with Crippen LogP contribution in [-0.4, -0.2) is 68.2 Å². The van der Waals surface area contributed by atoms with Crippen LogP contribution in [0.2, 0.25) is 0 Å². The molecule has 190 valence electrons. The predicted octanol–water partition coefficient (Wildman–Crippen LogP) is 4.64. The molecule has 2 aliphatic heterocycles. The zero-order valence-electron chi connectivity index (χ0n) is 21.8. The van der Waals surface area contributed by atoms with Gasteiger partial charge in [-0.2, -0.15) is 0 Å². The van der Waals surface area contributed by atoms with Crippen molar-refractivity contribution in [1.82, 2.24) is 14.8 Å². The Kier molecular flexibility index (Phi) is 8.04. The van der Waals surface area contributed by atoms with Crippen molar-refractivity contribution in [2.24, 2.45) is 0 Å². The van der Waals surface area contributed by atoms with E-state index in [9.17, 15) is 0 Å². The molecular weight excluding hydrogens is 446 g/mol. The van der Waals surface area contributed by atoms with E-state index >= 15 is 0 Å². The number of aromatic nitrogens is 1. The lowest BCUT2D eigenvalue weighted by molar-refractivity contribution is 0.147. The molecule has 6 nitrogen and oxygen atoms in total. The molecule has 3 heterocycles. The first-order valence-electron chi connectivity index (χ1n) is 13.2. The molecule has 2 fully saturated rings. The molecule has 0 N–H and O–H groups in total. The second-order valence-corrected chi connectivity index (χ2v) is 10.2. The normalized spacial score (nSPS) is 16.9. The van der Waals surface area contributed by atoms with Crippen LogP contribution in [0.15, 0.2) is 66.9 Å². The van der Waals surface area contributed by atoms with Crippen molar-refractivity contribution in [3.63, 3.8) is 0 Å². The van der Waals surface area contributed by atoms with Crippen LogP contribution in [0, 0.1) is 0 Å². The number of piperazine rings is 1. The van der Waals surface area contributed by atoms with Gasteiger partial charge in [0.25, 0.3) is 0 Å². The van der Waals surface area contributed by atoms with Crippen LogP contribution in [0.25, 0.3) is 0 Å². The number of methoxy groups -OCH3 is 1. The molecule has 0 unspecified atom stereocenters. The Hall–Kier alpha value is -3.09. The van der Waals surface area contributed by atoms with Gasteiger partial charge in [0, 0.05) is 76.5 Å². The van der Waals surface area contributed by atoms with E-state index in [2.05, 4.69) is 81.2 Å². The highest BCUT2D eigenvalue weighted by Crippen LogP contribution is 2.26. The summed E-state index contributed by atoms with van der Waals surface area (Å²) in [5.74, 6) is 0.897. The first-order valence-corrected chi connectivity index (χ1v) is 13.2. The van der Waals surface area contributed by atoms with Crippen LogP contribution in [0.5, 0.6) is 5.75 Å². The quantitative estimate of drug-likeness (QED) is 0.439. The number of ether oxygens (including phenoxy) is 1. The van der Waals surface area contributed by atoms with Crippen molar-refractivity contribution >= 4 is 11.4 Å². The van der Waals surface area contributed by atoms with E-state index in [1.807, 2.05) is 12.3 Å². The van der Waals surface area contributed by atoms with Gasteiger partial charge in [-0.1, -0.05) is 24.3 Å². The summed E-state index contributed by atoms with van der Waals surface area (Å²) in [6.07, 6.45) is 4.55. The molecule has 1 aromatic heterocycles. The molecule has 0 bridgehead atoms. The maximum absolute atomic E-state index is 5.50. The molecule has 3 aromatic rings. The lowest BCUT2D eigenvalue weighted by Crippen LogP contribution is -2.44. The highest BCUT2D eigenvalue weighted by Gasteiger charge is 2.17. The third-order valence-electron chi connectivity index (χ3n) is 7.41. The molecular formula is C30H39N5O. The molecule has 2 aromatic carbocycles. The van der Waals surface area contributed by atoms with E-state index in [1.165, 1.54) is 35.3 Å². The van der Waals surface area contributed by atoms with E-state index in [-0.39, 0.29) is 0 Å². The molecule has 0 saturated carbocycles. The van der Waals surface area contributed by atoms with Gasteiger partial charge in [0.05, 0.1) is 12.8 Å². The van der Waals surface area contributed by atoms with Crippen molar-refractivity contribution in [3.05, 3.63) is 83.7 Å². The summed E-state index contributed by atoms with van der Waals surface area (Å²) < 4.78 is 5.50. The Morgan fingerprint density at radius 2 is 1.56 bits per heavy atom. The minimum Gasteiger partial charge on any atom is -0.497 e. The smallest absolute Gasteiger partial charge is 0.119 e. The largest absolute Gasteiger partial charge is 0.497 e. The topological polar surface area (TPSA) is 35.1 Å². The second-order valence-electron chi connectivity index (χ2n) is 10.2. The van der Waals surface area contributed by atoms with Crippen molar-refractivity contribution in [2.45, 2.75) is 32.5 Å². The third-order valence-corrected chi connectivity index (χ3v) is 7.41. The number of hydrogen-bond donors (Lipinski definition) is 0. The second kappa shape index (κ2) is 11.8. The molecule has 0 aliphatic carbocycles. The standard InChI is InChI=1S/C30H39N5O/c1-32-15-17-33(18-16-32)24-27-21-29(11-12-31-27)35(23-26-8-6-10-30(20-26)36-2)22-25-7-5-9-28(19-25)34-13-3-4-14-34/h5-12,19-21H,3-4,13-18,22-24H2,1-2H3. The SMILES string of the molecule is COc1cccc(CN(Cc2cccc(N3CCCC3)c2)c2ccnc(CN3CCN(C)CC3)c2)c1. The summed E-state index contributed by atoms with van der Waals surface area (Å²) in [5, 5.41) is 0. The summed E-state index contributed by atoms with van der Waals surface area (Å²) in [6.45, 7) is 9.32. The van der Waals surface area contributed by atoms with Gasteiger partial charge in [0.1, 0.15) is 5.75 Å². The van der Waals surface area contributed by atoms with Crippen LogP contribution in [-0.2, 0) is 19.6 Å². The maximum Gasteiger partial charge on any atom is 0.119 e. The van der Waals surface area contributed by atoms with Crippen LogP contribution in [0.3, 0.4) is 0 Å². The number of benzene rings is 2. The van der Waals surface area contributed by atoms with Gasteiger partial charge in [0.2, 0.25) is 0 Å². The van der Waals surface area contributed by atoms with Gasteiger partial charge in [0.15, 0.2) is 0 Å². The van der Waals surface area contributed by atoms with Crippen molar-refractivity contribution in [3.8, 4) is 5.75 Å². The van der Waals surface area contributed by atoms with E-state index in [0.29, 0.717) is 0 Å². The molecule has 0 atom stereocenters. The minimum absolute atomic E-state index is 0.809. The maximum atomic E-state index is 5.50. The van der Waals surface area contributed by atoms with Gasteiger partial charge in [-0.05, 0) is 67.4 Å². The third kappa shape index (κ3) is 6.37. The monoisotopic (exact) mass is 485 g/mol. The number of rotatable bonds is 9. The van der Waals surface area contributed by atoms with Crippen LogP contribution in [0.4, 0.5) is 11.4 Å². The van der Waals surface area contributed by atoms with Gasteiger partial charge in [-0.3, -0.25) is 9.88 Å². The number of likely N-dealkylation sites (N-methyl/N-ethyl adjacent to an activating group) is 1. The van der Waals surface area contributed by atoms with Gasteiger partial charge >= 0.3 is 0 Å². The van der Waals surface area contributed by atoms with Gasteiger partial charge in [-0.15, -0.1) is 0 Å². The van der Waals surface area contributed by atoms with E-state index in [0.717, 1.165) is 70.3 Å². The summed E-state index contributed by atoms with van der Waals surface area (Å²) in [7, 11) is 3.93. The van der Waals surface area contributed by atoms with Crippen molar-refractivity contribution in [2.75, 3.05) is 63.2 Å². The summed E-state index contributed by atoms with van der Waals surface area (Å²) in [4.78, 5) is 14.6. The Balaban J connectivity index is 1.38. The average molecular weight is 486 g/mol. The molecule has 0 radical (unpaired) electrons. The lowest BCUT2D eigenvalue weighted by Gasteiger charge is -2.32. The summed E-state index contributed by atoms with van der Waals surface area (Å²) in [6, 6.07) is 21.9. The molecule has 36 heavy (non-hydrogen) atoms. The first-order chi connectivity index (χ1) is 17.7. The zero-order chi connectivity index (χ0) is 24.7. The van der Waals surface area contributed by atoms with Crippen LogP contribution < -0.4 is 14.5 Å². The average Bonchev–Trinajstić information content (AvgIpc) is 3.46. The zero-order valence-corrected chi connectivity index (χ0v) is 21.8. The lowest BCUT2D eigenvalue weighted by atomic mass is 10.1. The Morgan fingerprint density at radius 3 is 2.31 bits per heavy atom. The fourth-order valence-corrected chi connectivity index (χ4v) is 5.26. The fourth-order valence-electron chi connectivity index (χ4n) is 5.26. The molecule has 2 aliphatic rings. The molecule has 2 saturated heterocycles. The number of anilines is 2. The number of pyridine rings is 1. The molecule has 6 heteroatoms. The summed E-state index contributed by atoms with van der Waals surface area (Å²) in [5.41, 5.74) is 6.26. The predicted molar refractivity (Wildman–Crippen MR) is 148 cm³/mol. The highest BCUT2D eigenvalue weighted by atomic mass is 16.5. The minimum atomic E-state index is 0.809. The molecule has 5 rings (SSSR count). The van der Waals surface area contributed by atoms with Gasteiger partial charge in [-0.25, -0.2) is 0 Å². The van der Waals surface area contributed by atoms with E-state index in [4.69, 9.17) is 9.72 Å². The van der Waals surface area contributed by atoms with Crippen LogP contribution in [0.1, 0.15) is 29.7 Å². The van der Waals surface area contributed by atoms with Crippen molar-refractivity contribution < 1.29 is 4.74 Å². The molecule has 0 amide bonds.